The van der Waals surface area contributed by atoms with E-state index in [1.54, 1.807) is 45.9 Å². The van der Waals surface area contributed by atoms with E-state index in [0.717, 1.165) is 13.8 Å². The number of carbonyl (C=O) groups is 6. The minimum atomic E-state index is -2.25. The van der Waals surface area contributed by atoms with Crippen molar-refractivity contribution < 1.29 is 52.8 Å². The Kier molecular flexibility index (Phi) is 11.2. The Balaban J connectivity index is 2.34. The van der Waals surface area contributed by atoms with Crippen molar-refractivity contribution >= 4 is 35.4 Å². The molecular weight excluding hydrogens is 596 g/mol. The summed E-state index contributed by atoms with van der Waals surface area (Å²) in [5.74, 6) is -8.38. The van der Waals surface area contributed by atoms with Gasteiger partial charge in [0.25, 0.3) is 0 Å². The zero-order valence-electron chi connectivity index (χ0n) is 27.6. The van der Waals surface area contributed by atoms with Crippen LogP contribution in [0.2, 0.25) is 0 Å². The van der Waals surface area contributed by atoms with Crippen LogP contribution in [0.4, 0.5) is 0 Å². The van der Waals surface area contributed by atoms with Crippen molar-refractivity contribution in [3.63, 3.8) is 0 Å². The van der Waals surface area contributed by atoms with Gasteiger partial charge in [0, 0.05) is 30.8 Å². The summed E-state index contributed by atoms with van der Waals surface area (Å²) in [7, 11) is 0. The summed E-state index contributed by atoms with van der Waals surface area (Å²) in [4.78, 5) is 79.6. The summed E-state index contributed by atoms with van der Waals surface area (Å²) in [6, 6.07) is 8.07. The molecule has 0 aromatic heterocycles. The van der Waals surface area contributed by atoms with Crippen molar-refractivity contribution in [2.45, 2.75) is 91.8 Å². The fraction of sp³-hybridized carbons (Fsp3) is 0.543. The highest BCUT2D eigenvalue weighted by Gasteiger charge is 2.63. The van der Waals surface area contributed by atoms with Crippen LogP contribution in [-0.4, -0.2) is 70.6 Å². The third-order valence-electron chi connectivity index (χ3n) is 8.52. The van der Waals surface area contributed by atoms with Gasteiger partial charge in [0.1, 0.15) is 17.8 Å². The first kappa shape index (κ1) is 36.3. The molecule has 3 rings (SSSR count). The molecule has 0 unspecified atom stereocenters. The van der Waals surface area contributed by atoms with Crippen molar-refractivity contribution in [2.24, 2.45) is 29.1 Å². The number of ether oxygens (including phenoxy) is 4. The standard InChI is InChI=1S/C35H44O11/c1-18(2)32(40)46-28-21(5)27(43-22(6)36)25-26(45-33(41)24-13-11-10-12-14-24)20(4)17-35(25,42)30(38)19(3)15-16-34(8,9)31(39)29(28)44-23(7)37/h10-16,18-20,25-29,42H,5,17H2,1-4,6-9H3/b16-15+/t19-,20-,25+,26-,27-,28-,29+,35+/m0/s1. The molecular formula is C35H44O11. The lowest BCUT2D eigenvalue weighted by molar-refractivity contribution is -0.176. The first-order valence-corrected chi connectivity index (χ1v) is 15.3. The molecule has 250 valence electrons. The van der Waals surface area contributed by atoms with Crippen molar-refractivity contribution in [2.75, 3.05) is 0 Å². The van der Waals surface area contributed by atoms with Crippen LogP contribution in [-0.2, 0) is 42.9 Å². The maximum Gasteiger partial charge on any atom is 0.338 e. The van der Waals surface area contributed by atoms with Crippen LogP contribution >= 0.6 is 0 Å². The number of hydrogen-bond donors (Lipinski definition) is 1. The second-order valence-corrected chi connectivity index (χ2v) is 13.1. The first-order valence-electron chi connectivity index (χ1n) is 15.3. The number of ketones is 2. The van der Waals surface area contributed by atoms with E-state index in [1.165, 1.54) is 38.1 Å². The molecule has 11 heteroatoms. The number of aliphatic hydroxyl groups is 1. The van der Waals surface area contributed by atoms with Crippen LogP contribution in [0.25, 0.3) is 0 Å². The zero-order valence-corrected chi connectivity index (χ0v) is 27.6. The Morgan fingerprint density at radius 1 is 0.870 bits per heavy atom. The second kappa shape index (κ2) is 14.1. The van der Waals surface area contributed by atoms with Gasteiger partial charge < -0.3 is 24.1 Å². The van der Waals surface area contributed by atoms with E-state index in [1.807, 2.05) is 0 Å². The first-order chi connectivity index (χ1) is 21.3. The topological polar surface area (TPSA) is 160 Å². The second-order valence-electron chi connectivity index (χ2n) is 13.1. The normalized spacial score (nSPS) is 32.0. The molecule has 0 radical (unpaired) electrons. The molecule has 1 N–H and O–H groups in total. The lowest BCUT2D eigenvalue weighted by atomic mass is 9.72. The van der Waals surface area contributed by atoms with Crippen LogP contribution in [0.3, 0.4) is 0 Å². The average molecular weight is 641 g/mol. The third kappa shape index (κ3) is 7.63. The molecule has 0 spiro atoms. The van der Waals surface area contributed by atoms with Gasteiger partial charge in [-0.1, -0.05) is 64.6 Å². The van der Waals surface area contributed by atoms with E-state index in [0.29, 0.717) is 0 Å². The molecule has 11 nitrogen and oxygen atoms in total. The number of Topliss-reactive ketones (excluding diaryl/α,β-unsaturated/α-hetero) is 2. The largest absolute Gasteiger partial charge is 0.458 e. The summed E-state index contributed by atoms with van der Waals surface area (Å²) in [5, 5.41) is 12.3. The van der Waals surface area contributed by atoms with Crippen LogP contribution in [0, 0.1) is 29.1 Å². The molecule has 0 amide bonds. The Morgan fingerprint density at radius 3 is 1.98 bits per heavy atom. The van der Waals surface area contributed by atoms with Gasteiger partial charge in [0.2, 0.25) is 6.10 Å². The summed E-state index contributed by atoms with van der Waals surface area (Å²) in [6.45, 7) is 15.6. The number of fused-ring (bicyclic) bond motifs is 1. The van der Waals surface area contributed by atoms with Crippen molar-refractivity contribution in [3.8, 4) is 0 Å². The van der Waals surface area contributed by atoms with Crippen LogP contribution in [0.15, 0.2) is 54.6 Å². The fourth-order valence-electron chi connectivity index (χ4n) is 6.07. The van der Waals surface area contributed by atoms with Gasteiger partial charge in [-0.15, -0.1) is 0 Å². The molecule has 1 aromatic rings. The summed E-state index contributed by atoms with van der Waals surface area (Å²) in [5.41, 5.74) is -3.66. The van der Waals surface area contributed by atoms with Crippen molar-refractivity contribution in [3.05, 3.63) is 60.2 Å². The summed E-state index contributed by atoms with van der Waals surface area (Å²) in [6.07, 6.45) is -3.61. The van der Waals surface area contributed by atoms with Crippen LogP contribution in [0.5, 0.6) is 0 Å². The molecule has 0 bridgehead atoms. The van der Waals surface area contributed by atoms with Crippen LogP contribution < -0.4 is 0 Å². The molecule has 0 saturated heterocycles. The number of rotatable bonds is 6. The molecule has 2 aliphatic rings. The molecule has 1 aromatic carbocycles. The highest BCUT2D eigenvalue weighted by molar-refractivity contribution is 5.95. The molecule has 0 heterocycles. The number of hydrogen-bond acceptors (Lipinski definition) is 11. The van der Waals surface area contributed by atoms with E-state index < -0.39 is 94.5 Å². The Hall–Kier alpha value is -4.12. The highest BCUT2D eigenvalue weighted by Crippen LogP contribution is 2.49. The molecule has 46 heavy (non-hydrogen) atoms. The van der Waals surface area contributed by atoms with E-state index in [-0.39, 0.29) is 17.6 Å². The smallest absolute Gasteiger partial charge is 0.338 e. The van der Waals surface area contributed by atoms with Gasteiger partial charge in [-0.3, -0.25) is 24.0 Å². The Bertz CT molecular complexity index is 1410. The van der Waals surface area contributed by atoms with E-state index in [9.17, 15) is 33.9 Å². The summed E-state index contributed by atoms with van der Waals surface area (Å²) >= 11 is 0. The molecule has 0 aliphatic heterocycles. The third-order valence-corrected chi connectivity index (χ3v) is 8.52. The zero-order chi connectivity index (χ0) is 34.7. The quantitative estimate of drug-likeness (QED) is 0.272. The number of esters is 4. The summed E-state index contributed by atoms with van der Waals surface area (Å²) < 4.78 is 23.0. The highest BCUT2D eigenvalue weighted by atomic mass is 16.6. The molecule has 8 atom stereocenters. The maximum absolute atomic E-state index is 14.1. The fourth-order valence-corrected chi connectivity index (χ4v) is 6.07. The number of carbonyl (C=O) groups excluding carboxylic acids is 6. The van der Waals surface area contributed by atoms with E-state index in [4.69, 9.17) is 18.9 Å². The number of allylic oxidation sites excluding steroid dienone is 2. The van der Waals surface area contributed by atoms with Gasteiger partial charge >= 0.3 is 23.9 Å². The minimum Gasteiger partial charge on any atom is -0.458 e. The minimum absolute atomic E-state index is 0.182. The van der Waals surface area contributed by atoms with Crippen LogP contribution in [0.1, 0.15) is 72.2 Å². The van der Waals surface area contributed by atoms with Gasteiger partial charge in [-0.05, 0) is 38.3 Å². The maximum atomic E-state index is 14.1. The number of benzene rings is 1. The predicted octanol–water partition coefficient (Wildman–Crippen LogP) is 3.96. The molecule has 1 saturated carbocycles. The van der Waals surface area contributed by atoms with Crippen molar-refractivity contribution in [1.82, 2.24) is 0 Å². The molecule has 1 fully saturated rings. The van der Waals surface area contributed by atoms with Gasteiger partial charge in [0.15, 0.2) is 17.7 Å². The van der Waals surface area contributed by atoms with Gasteiger partial charge in [-0.2, -0.15) is 0 Å². The van der Waals surface area contributed by atoms with E-state index in [2.05, 4.69) is 6.58 Å². The van der Waals surface area contributed by atoms with E-state index >= 15 is 0 Å². The van der Waals surface area contributed by atoms with Crippen molar-refractivity contribution in [1.29, 1.82) is 0 Å². The monoisotopic (exact) mass is 640 g/mol. The predicted molar refractivity (Wildman–Crippen MR) is 165 cm³/mol. The molecule has 2 aliphatic carbocycles. The van der Waals surface area contributed by atoms with Gasteiger partial charge in [-0.25, -0.2) is 4.79 Å². The Morgan fingerprint density at radius 2 is 1.43 bits per heavy atom. The average Bonchev–Trinajstić information content (AvgIpc) is 3.23. The SMILES string of the molecule is C=C1[C@H](OC(C)=O)[C@H]2[C@@H](OC(=O)c3ccccc3)[C@@H](C)C[C@]2(O)C(=O)[C@@H](C)/C=C/C(C)(C)C(=O)[C@H](OC(C)=O)[C@H]1OC(=O)C(C)C. The lowest BCUT2D eigenvalue weighted by Crippen LogP contribution is -2.57. The Labute approximate surface area is 269 Å². The van der Waals surface area contributed by atoms with Gasteiger partial charge in [0.05, 0.1) is 17.4 Å². The lowest BCUT2D eigenvalue weighted by Gasteiger charge is -2.41.